The van der Waals surface area contributed by atoms with Gasteiger partial charge in [-0.3, -0.25) is 4.79 Å². The molecule has 0 heterocycles. The van der Waals surface area contributed by atoms with Crippen LogP contribution in [0.4, 0.5) is 5.69 Å². The molecule has 3 rings (SSSR count). The van der Waals surface area contributed by atoms with Crippen molar-refractivity contribution in [1.82, 2.24) is 0 Å². The lowest BCUT2D eigenvalue weighted by molar-refractivity contribution is -0.111. The topological polar surface area (TPSA) is 71.3 Å². The number of hydrogen-bond donors (Lipinski definition) is 1. The highest BCUT2D eigenvalue weighted by atomic mass is 16.5. The summed E-state index contributed by atoms with van der Waals surface area (Å²) in [5.41, 5.74) is 1.43. The first-order valence-electron chi connectivity index (χ1n) is 8.65. The maximum atomic E-state index is 12.3. The molecule has 0 aliphatic carbocycles. The minimum atomic E-state index is -0.270. The van der Waals surface area contributed by atoms with Crippen LogP contribution in [-0.4, -0.2) is 12.5 Å². The van der Waals surface area contributed by atoms with E-state index in [1.165, 1.54) is 6.08 Å². The molecular weight excluding hydrogens is 352 g/mol. The number of nitrogens with one attached hydrogen (secondary N) is 1. The zero-order valence-corrected chi connectivity index (χ0v) is 15.0. The molecule has 0 aromatic heterocycles. The third-order valence-electron chi connectivity index (χ3n) is 3.73. The lowest BCUT2D eigenvalue weighted by atomic mass is 10.2. The van der Waals surface area contributed by atoms with Crippen molar-refractivity contribution in [1.29, 1.82) is 5.26 Å². The Labute approximate surface area is 163 Å². The fourth-order valence-electron chi connectivity index (χ4n) is 2.41. The molecule has 0 unspecified atom stereocenters. The second kappa shape index (κ2) is 9.60. The summed E-state index contributed by atoms with van der Waals surface area (Å²) in [6.07, 6.45) is 3.15. The molecule has 1 amide bonds. The predicted octanol–water partition coefficient (Wildman–Crippen LogP) is 5.03. The first-order valence-corrected chi connectivity index (χ1v) is 8.65. The summed E-state index contributed by atoms with van der Waals surface area (Å²) >= 11 is 0. The molecule has 0 saturated carbocycles. The number of ether oxygens (including phenoxy) is 2. The number of amides is 1. The lowest BCUT2D eigenvalue weighted by Gasteiger charge is -2.11. The number of nitriles is 1. The number of hydrogen-bond acceptors (Lipinski definition) is 4. The van der Waals surface area contributed by atoms with Crippen molar-refractivity contribution >= 4 is 17.7 Å². The minimum Gasteiger partial charge on any atom is -0.479 e. The van der Waals surface area contributed by atoms with E-state index < -0.39 is 0 Å². The van der Waals surface area contributed by atoms with Gasteiger partial charge >= 0.3 is 0 Å². The van der Waals surface area contributed by atoms with Crippen molar-refractivity contribution in [3.8, 4) is 23.3 Å². The molecular formula is C23H18N2O3. The molecule has 0 saturated heterocycles. The molecule has 0 spiro atoms. The van der Waals surface area contributed by atoms with Gasteiger partial charge in [-0.1, -0.05) is 42.5 Å². The zero-order chi connectivity index (χ0) is 19.6. The Morgan fingerprint density at radius 3 is 2.39 bits per heavy atom. The maximum absolute atomic E-state index is 12.3. The van der Waals surface area contributed by atoms with Crippen molar-refractivity contribution < 1.29 is 14.3 Å². The number of carbonyl (C=O) groups excluding carboxylic acids is 1. The van der Waals surface area contributed by atoms with Gasteiger partial charge < -0.3 is 14.8 Å². The summed E-state index contributed by atoms with van der Waals surface area (Å²) in [7, 11) is 0. The third kappa shape index (κ3) is 5.48. The third-order valence-corrected chi connectivity index (χ3v) is 3.73. The van der Waals surface area contributed by atoms with Gasteiger partial charge in [0.2, 0.25) is 5.91 Å². The molecule has 0 atom stereocenters. The van der Waals surface area contributed by atoms with Gasteiger partial charge in [-0.25, -0.2) is 0 Å². The van der Waals surface area contributed by atoms with Gasteiger partial charge in [0.25, 0.3) is 0 Å². The number of rotatable bonds is 7. The molecule has 0 radical (unpaired) electrons. The summed E-state index contributed by atoms with van der Waals surface area (Å²) < 4.78 is 11.0. The second-order valence-electron chi connectivity index (χ2n) is 5.75. The van der Waals surface area contributed by atoms with Crippen LogP contribution in [-0.2, 0) is 4.79 Å². The van der Waals surface area contributed by atoms with Crippen molar-refractivity contribution in [3.63, 3.8) is 0 Å². The Morgan fingerprint density at radius 1 is 0.929 bits per heavy atom. The number of carbonyl (C=O) groups is 1. The van der Waals surface area contributed by atoms with Gasteiger partial charge in [-0.05, 0) is 48.0 Å². The van der Waals surface area contributed by atoms with Gasteiger partial charge in [0.05, 0.1) is 5.69 Å². The number of para-hydroxylation sites is 3. The number of nitrogens with zero attached hydrogens (tertiary/aromatic N) is 1. The van der Waals surface area contributed by atoms with Gasteiger partial charge in [-0.15, -0.1) is 0 Å². The fourth-order valence-corrected chi connectivity index (χ4v) is 2.41. The van der Waals surface area contributed by atoms with E-state index in [1.807, 2.05) is 60.7 Å². The summed E-state index contributed by atoms with van der Waals surface area (Å²) in [5.74, 6) is 1.59. The molecule has 5 heteroatoms. The fraction of sp³-hybridized carbons (Fsp3) is 0.0435. The van der Waals surface area contributed by atoms with Crippen molar-refractivity contribution in [2.75, 3.05) is 11.9 Å². The molecule has 1 N–H and O–H groups in total. The average Bonchev–Trinajstić information content (AvgIpc) is 2.74. The zero-order valence-electron chi connectivity index (χ0n) is 15.0. The van der Waals surface area contributed by atoms with Crippen molar-refractivity contribution in [2.45, 2.75) is 0 Å². The Balaban J connectivity index is 1.63. The van der Waals surface area contributed by atoms with Crippen molar-refractivity contribution in [3.05, 3.63) is 90.5 Å². The Morgan fingerprint density at radius 2 is 1.64 bits per heavy atom. The highest BCUT2D eigenvalue weighted by Crippen LogP contribution is 2.29. The molecule has 0 aliphatic heterocycles. The van der Waals surface area contributed by atoms with Crippen LogP contribution in [0, 0.1) is 11.3 Å². The van der Waals surface area contributed by atoms with E-state index in [9.17, 15) is 4.79 Å². The molecule has 28 heavy (non-hydrogen) atoms. The normalized spacial score (nSPS) is 10.2. The van der Waals surface area contributed by atoms with Crippen LogP contribution < -0.4 is 14.8 Å². The SMILES string of the molecule is N#CCOc1ccc(/C=C/C(=O)Nc2ccccc2Oc2ccccc2)cc1. The Bertz CT molecular complexity index is 990. The summed E-state index contributed by atoms with van der Waals surface area (Å²) in [6.45, 7) is 0.00204. The average molecular weight is 370 g/mol. The van der Waals surface area contributed by atoms with Crippen LogP contribution in [0.5, 0.6) is 17.2 Å². The molecule has 3 aromatic carbocycles. The molecule has 0 bridgehead atoms. The van der Waals surface area contributed by atoms with Gasteiger partial charge in [-0.2, -0.15) is 5.26 Å². The predicted molar refractivity (Wildman–Crippen MR) is 108 cm³/mol. The van der Waals surface area contributed by atoms with Crippen LogP contribution in [0.1, 0.15) is 5.56 Å². The van der Waals surface area contributed by atoms with E-state index in [4.69, 9.17) is 14.7 Å². The molecule has 138 valence electrons. The molecule has 5 nitrogen and oxygen atoms in total. The van der Waals surface area contributed by atoms with E-state index in [1.54, 1.807) is 30.3 Å². The van der Waals surface area contributed by atoms with Crippen molar-refractivity contribution in [2.24, 2.45) is 0 Å². The summed E-state index contributed by atoms with van der Waals surface area (Å²) in [5, 5.41) is 11.3. The standard InChI is InChI=1S/C23H18N2O3/c24-16-17-27-19-13-10-18(11-14-19)12-15-23(26)25-21-8-4-5-9-22(21)28-20-6-2-1-3-7-20/h1-15H,17H2,(H,25,26)/b15-12+. The highest BCUT2D eigenvalue weighted by molar-refractivity contribution is 6.02. The number of anilines is 1. The van der Waals surface area contributed by atoms with Crippen LogP contribution in [0.15, 0.2) is 84.9 Å². The van der Waals surface area contributed by atoms with E-state index in [0.29, 0.717) is 22.9 Å². The number of benzene rings is 3. The largest absolute Gasteiger partial charge is 0.479 e. The van der Waals surface area contributed by atoms with Gasteiger partial charge in [0.15, 0.2) is 12.4 Å². The van der Waals surface area contributed by atoms with Crippen LogP contribution in [0.25, 0.3) is 6.08 Å². The lowest BCUT2D eigenvalue weighted by Crippen LogP contribution is -2.08. The smallest absolute Gasteiger partial charge is 0.248 e. The van der Waals surface area contributed by atoms with E-state index in [2.05, 4.69) is 5.32 Å². The van der Waals surface area contributed by atoms with E-state index in [0.717, 1.165) is 5.56 Å². The summed E-state index contributed by atoms with van der Waals surface area (Å²) in [6, 6.07) is 25.7. The molecule has 0 fully saturated rings. The molecule has 0 aliphatic rings. The van der Waals surface area contributed by atoms with Crippen LogP contribution in [0.3, 0.4) is 0 Å². The first kappa shape index (κ1) is 18.7. The van der Waals surface area contributed by atoms with Crippen LogP contribution >= 0.6 is 0 Å². The first-order chi connectivity index (χ1) is 13.7. The van der Waals surface area contributed by atoms with Gasteiger partial charge in [0.1, 0.15) is 17.6 Å². The summed E-state index contributed by atoms with van der Waals surface area (Å²) in [4.78, 5) is 12.3. The highest BCUT2D eigenvalue weighted by Gasteiger charge is 2.06. The van der Waals surface area contributed by atoms with Gasteiger partial charge in [0, 0.05) is 6.08 Å². The molecule has 3 aromatic rings. The second-order valence-corrected chi connectivity index (χ2v) is 5.75. The van der Waals surface area contributed by atoms with Crippen LogP contribution in [0.2, 0.25) is 0 Å². The van der Waals surface area contributed by atoms with E-state index >= 15 is 0 Å². The Kier molecular flexibility index (Phi) is 6.43. The Hall–Kier alpha value is -4.04. The monoisotopic (exact) mass is 370 g/mol. The maximum Gasteiger partial charge on any atom is 0.248 e. The van der Waals surface area contributed by atoms with E-state index in [-0.39, 0.29) is 12.5 Å². The quantitative estimate of drug-likeness (QED) is 0.592. The minimum absolute atomic E-state index is 0.00204.